The molecule has 1 nitrogen and oxygen atoms in total. The van der Waals surface area contributed by atoms with Gasteiger partial charge >= 0.3 is 35.8 Å². The second-order valence-electron chi connectivity index (χ2n) is 5.99. The van der Waals surface area contributed by atoms with Crippen molar-refractivity contribution in [1.29, 1.82) is 0 Å². The second kappa shape index (κ2) is 8.70. The predicted octanol–water partition coefficient (Wildman–Crippen LogP) is 6.82. The number of carbonyl (C=O) groups excluding carboxylic acids is 1. The number of rotatable bonds is 11. The number of hydrogen-bond acceptors (Lipinski definition) is 1. The Bertz CT molecular complexity index is 590. The largest absolute Gasteiger partial charge is 0.460 e. The van der Waals surface area contributed by atoms with Crippen molar-refractivity contribution in [3.05, 3.63) is 12.2 Å². The molecule has 0 saturated carbocycles. The molecule has 0 rings (SSSR count). The van der Waals surface area contributed by atoms with Gasteiger partial charge in [0, 0.05) is 0 Å². The number of allylic oxidation sites excluding steroid dienone is 2. The van der Waals surface area contributed by atoms with Gasteiger partial charge in [-0.25, -0.2) is 0 Å². The first-order valence-corrected chi connectivity index (χ1v) is 7.90. The van der Waals surface area contributed by atoms with Crippen LogP contribution in [0.4, 0.5) is 57.1 Å². The average Bonchev–Trinajstić information content (AvgIpc) is 2.55. The third-order valence-electron chi connectivity index (χ3n) is 3.74. The van der Waals surface area contributed by atoms with Gasteiger partial charge < -0.3 is 0 Å². The van der Waals surface area contributed by atoms with Crippen LogP contribution in [-0.2, 0) is 4.79 Å². The van der Waals surface area contributed by atoms with Crippen molar-refractivity contribution in [2.24, 2.45) is 0 Å². The molecule has 14 heteroatoms. The van der Waals surface area contributed by atoms with Gasteiger partial charge in [0.15, 0.2) is 0 Å². The molecule has 0 radical (unpaired) electrons. The Kier molecular flexibility index (Phi) is 8.25. The van der Waals surface area contributed by atoms with Gasteiger partial charge in [-0.2, -0.15) is 57.1 Å². The summed E-state index contributed by atoms with van der Waals surface area (Å²) >= 11 is 0. The molecule has 0 fully saturated rings. The van der Waals surface area contributed by atoms with E-state index in [-0.39, 0.29) is 18.9 Å². The molecule has 0 aliphatic heterocycles. The molecular weight excluding hydrogens is 443 g/mol. The monoisotopic (exact) mass is 458 g/mol. The molecule has 0 amide bonds. The molecule has 0 aliphatic carbocycles. The van der Waals surface area contributed by atoms with Crippen molar-refractivity contribution in [2.75, 3.05) is 0 Å². The SMILES string of the molecule is CCCCCC/C=C/C(=O)C(F)(F)C(F)(F)C(F)(F)C(F)(F)C(F)(F)C(F)(F)F. The van der Waals surface area contributed by atoms with E-state index in [9.17, 15) is 61.9 Å². The molecule has 0 bridgehead atoms. The highest BCUT2D eigenvalue weighted by Crippen LogP contribution is 2.60. The highest BCUT2D eigenvalue weighted by atomic mass is 19.4. The van der Waals surface area contributed by atoms with Crippen molar-refractivity contribution < 1.29 is 61.9 Å². The fourth-order valence-electron chi connectivity index (χ4n) is 1.91. The molecular formula is C15H15F13O. The van der Waals surface area contributed by atoms with Crippen LogP contribution in [0.25, 0.3) is 0 Å². The van der Waals surface area contributed by atoms with Crippen LogP contribution in [0.1, 0.15) is 39.0 Å². The molecule has 0 atom stereocenters. The Balaban J connectivity index is 5.81. The van der Waals surface area contributed by atoms with Crippen LogP contribution in [0.2, 0.25) is 0 Å². The van der Waals surface area contributed by atoms with Crippen LogP contribution >= 0.6 is 0 Å². The van der Waals surface area contributed by atoms with Gasteiger partial charge in [0.1, 0.15) is 0 Å². The maximum atomic E-state index is 13.4. The van der Waals surface area contributed by atoms with E-state index in [0.29, 0.717) is 18.9 Å². The maximum absolute atomic E-state index is 13.4. The summed E-state index contributed by atoms with van der Waals surface area (Å²) in [5.41, 5.74) is 0. The molecule has 0 aromatic heterocycles. The Morgan fingerprint density at radius 3 is 1.52 bits per heavy atom. The molecule has 0 aromatic rings. The first-order chi connectivity index (χ1) is 12.7. The third kappa shape index (κ3) is 4.81. The highest BCUT2D eigenvalue weighted by molar-refractivity contribution is 5.96. The zero-order chi connectivity index (χ0) is 23.5. The average molecular weight is 458 g/mol. The lowest BCUT2D eigenvalue weighted by Gasteiger charge is -2.39. The van der Waals surface area contributed by atoms with E-state index in [1.54, 1.807) is 6.92 Å². The Morgan fingerprint density at radius 2 is 1.10 bits per heavy atom. The van der Waals surface area contributed by atoms with Crippen molar-refractivity contribution in [3.8, 4) is 0 Å². The first kappa shape index (κ1) is 27.5. The fraction of sp³-hybridized carbons (Fsp3) is 0.800. The molecule has 0 spiro atoms. The van der Waals surface area contributed by atoms with Crippen LogP contribution in [0.5, 0.6) is 0 Å². The molecule has 172 valence electrons. The minimum Gasteiger partial charge on any atom is -0.288 e. The van der Waals surface area contributed by atoms with E-state index in [2.05, 4.69) is 0 Å². The van der Waals surface area contributed by atoms with Crippen LogP contribution < -0.4 is 0 Å². The van der Waals surface area contributed by atoms with E-state index in [1.165, 1.54) is 0 Å². The standard InChI is InChI=1S/C15H15F13O/c1-2-3-4-5-6-7-8-9(29)10(16,17)11(18,19)12(20,21)13(22,23)14(24,25)15(26,27)28/h7-8H,2-6H2,1H3/b8-7+. The zero-order valence-corrected chi connectivity index (χ0v) is 14.5. The van der Waals surface area contributed by atoms with Gasteiger partial charge in [0.2, 0.25) is 5.78 Å². The van der Waals surface area contributed by atoms with Crippen LogP contribution in [0, 0.1) is 0 Å². The lowest BCUT2D eigenvalue weighted by atomic mass is 9.92. The van der Waals surface area contributed by atoms with Crippen LogP contribution in [-0.4, -0.2) is 41.6 Å². The maximum Gasteiger partial charge on any atom is 0.460 e. The molecule has 0 unspecified atom stereocenters. The first-order valence-electron chi connectivity index (χ1n) is 7.90. The van der Waals surface area contributed by atoms with E-state index >= 15 is 0 Å². The second-order valence-corrected chi connectivity index (χ2v) is 5.99. The summed E-state index contributed by atoms with van der Waals surface area (Å²) < 4.78 is 167. The van der Waals surface area contributed by atoms with Crippen molar-refractivity contribution in [2.45, 2.75) is 74.8 Å². The lowest BCUT2D eigenvalue weighted by molar-refractivity contribution is -0.435. The van der Waals surface area contributed by atoms with Gasteiger partial charge in [-0.05, 0) is 18.9 Å². The third-order valence-corrected chi connectivity index (χ3v) is 3.74. The number of hydrogen-bond donors (Lipinski definition) is 0. The van der Waals surface area contributed by atoms with Gasteiger partial charge in [-0.1, -0.05) is 32.3 Å². The summed E-state index contributed by atoms with van der Waals surface area (Å²) in [6.07, 6.45) is -5.30. The van der Waals surface area contributed by atoms with Crippen molar-refractivity contribution in [3.63, 3.8) is 0 Å². The summed E-state index contributed by atoms with van der Waals surface area (Å²) in [4.78, 5) is 11.1. The lowest BCUT2D eigenvalue weighted by Crippen LogP contribution is -2.71. The van der Waals surface area contributed by atoms with Gasteiger partial charge in [-0.3, -0.25) is 4.79 Å². The molecule has 0 aromatic carbocycles. The summed E-state index contributed by atoms with van der Waals surface area (Å²) in [6.45, 7) is 1.79. The molecule has 29 heavy (non-hydrogen) atoms. The summed E-state index contributed by atoms with van der Waals surface area (Å²) in [5, 5.41) is 0. The number of ketones is 1. The topological polar surface area (TPSA) is 17.1 Å². The molecule has 0 heterocycles. The Labute approximate surface area is 155 Å². The van der Waals surface area contributed by atoms with E-state index in [4.69, 9.17) is 0 Å². The normalized spacial score (nSPS) is 15.2. The van der Waals surface area contributed by atoms with E-state index in [1.807, 2.05) is 0 Å². The van der Waals surface area contributed by atoms with Crippen LogP contribution in [0.15, 0.2) is 12.2 Å². The van der Waals surface area contributed by atoms with Crippen LogP contribution in [0.3, 0.4) is 0 Å². The zero-order valence-electron chi connectivity index (χ0n) is 14.5. The van der Waals surface area contributed by atoms with Gasteiger partial charge in [-0.15, -0.1) is 0 Å². The Hall–Kier alpha value is -1.50. The molecule has 0 N–H and O–H groups in total. The highest BCUT2D eigenvalue weighted by Gasteiger charge is 2.91. The fourth-order valence-corrected chi connectivity index (χ4v) is 1.91. The number of halogens is 13. The molecule has 0 saturated heterocycles. The summed E-state index contributed by atoms with van der Waals surface area (Å²) in [5.74, 6) is -41.2. The smallest absolute Gasteiger partial charge is 0.288 e. The minimum absolute atomic E-state index is 0.175. The van der Waals surface area contributed by atoms with Gasteiger partial charge in [0.25, 0.3) is 0 Å². The van der Waals surface area contributed by atoms with E-state index in [0.717, 1.165) is 6.42 Å². The number of alkyl halides is 13. The summed E-state index contributed by atoms with van der Waals surface area (Å²) in [6, 6.07) is 0. The summed E-state index contributed by atoms with van der Waals surface area (Å²) in [7, 11) is 0. The Morgan fingerprint density at radius 1 is 0.655 bits per heavy atom. The predicted molar refractivity (Wildman–Crippen MR) is 73.7 cm³/mol. The van der Waals surface area contributed by atoms with Crippen molar-refractivity contribution in [1.82, 2.24) is 0 Å². The van der Waals surface area contributed by atoms with E-state index < -0.39 is 41.6 Å². The number of unbranched alkanes of at least 4 members (excludes halogenated alkanes) is 4. The van der Waals surface area contributed by atoms with Crippen molar-refractivity contribution >= 4 is 5.78 Å². The number of carbonyl (C=O) groups is 1. The minimum atomic E-state index is -8.00. The molecule has 0 aliphatic rings. The van der Waals surface area contributed by atoms with Gasteiger partial charge in [0.05, 0.1) is 0 Å². The quantitative estimate of drug-likeness (QED) is 0.189.